The maximum absolute atomic E-state index is 11.2. The molecule has 0 saturated carbocycles. The molecule has 1 aliphatic carbocycles. The fourth-order valence-electron chi connectivity index (χ4n) is 9.04. The molecule has 12 aliphatic heterocycles. The zero-order valence-corrected chi connectivity index (χ0v) is 41.4. The largest absolute Gasteiger partial charge is 0.493 e. The minimum atomic E-state index is -0.978. The van der Waals surface area contributed by atoms with E-state index in [2.05, 4.69) is 0 Å². The lowest BCUT2D eigenvalue weighted by atomic mass is 9.94. The molecule has 73 heavy (non-hydrogen) atoms. The van der Waals surface area contributed by atoms with E-state index in [1.165, 1.54) is 0 Å². The van der Waals surface area contributed by atoms with Crippen LogP contribution in [0.1, 0.15) is 33.4 Å². The van der Waals surface area contributed by atoms with Crippen molar-refractivity contribution in [2.24, 2.45) is 0 Å². The van der Waals surface area contributed by atoms with E-state index in [1.807, 2.05) is 36.4 Å². The molecule has 6 aromatic carbocycles. The van der Waals surface area contributed by atoms with Crippen molar-refractivity contribution in [2.45, 2.75) is 37.6 Å². The first-order valence-corrected chi connectivity index (χ1v) is 24.5. The summed E-state index contributed by atoms with van der Waals surface area (Å²) in [6.45, 7) is 1.53. The monoisotopic (exact) mass is 1000 g/mol. The Kier molecular flexibility index (Phi) is 17.0. The first kappa shape index (κ1) is 50.7. The van der Waals surface area contributed by atoms with E-state index in [4.69, 9.17) is 56.8 Å². The van der Waals surface area contributed by atoms with Gasteiger partial charge in [0, 0.05) is 19.6 Å². The summed E-state index contributed by atoms with van der Waals surface area (Å²) >= 11 is 0. The van der Waals surface area contributed by atoms with E-state index in [0.29, 0.717) is 88.3 Å². The van der Waals surface area contributed by atoms with E-state index in [-0.39, 0.29) is 79.1 Å². The van der Waals surface area contributed by atoms with Crippen molar-refractivity contribution in [1.82, 2.24) is 4.90 Å². The van der Waals surface area contributed by atoms with Gasteiger partial charge in [-0.2, -0.15) is 0 Å². The second kappa shape index (κ2) is 24.5. The third-order valence-electron chi connectivity index (χ3n) is 12.6. The standard InChI is InChI=1S/C57H63NO15/c1-62-52-25-37-22-41-29-56-54(64-3)27-39(41)24-42-30-57-53(63-2)26-38(42)23-40(37)28-55(52)68-19-16-65-46-4-10-49(11-5-46)71-34-43(59)31-58(32-44(60)35-72-50-12-6-47(7-13-50)66-17-20-69-56)33-45(61)36-73-51-14-8-48(9-15-51)67-18-21-70-57/h4-15,25-30,43-45,59-61H,16-24,31-36H2,1-3H3. The molecule has 0 radical (unpaired) electrons. The Balaban J connectivity index is 1.09. The molecular weight excluding hydrogens is 939 g/mol. The molecular formula is C57H63NO15. The summed E-state index contributed by atoms with van der Waals surface area (Å²) in [7, 11) is 4.90. The molecule has 3 unspecified atom stereocenters. The van der Waals surface area contributed by atoms with Gasteiger partial charge >= 0.3 is 0 Å². The van der Waals surface area contributed by atoms with Crippen LogP contribution >= 0.6 is 0 Å². The van der Waals surface area contributed by atoms with Gasteiger partial charge in [0.15, 0.2) is 34.5 Å². The topological polar surface area (TPSA) is 175 Å². The third kappa shape index (κ3) is 13.6. The van der Waals surface area contributed by atoms with E-state index in [0.717, 1.165) is 33.4 Å². The minimum absolute atomic E-state index is 0.0466. The molecule has 0 spiro atoms. The first-order chi connectivity index (χ1) is 35.7. The van der Waals surface area contributed by atoms with Crippen molar-refractivity contribution in [3.05, 3.63) is 143 Å². The zero-order chi connectivity index (χ0) is 50.5. The van der Waals surface area contributed by atoms with E-state index in [9.17, 15) is 15.3 Å². The number of fused-ring (bicyclic) bond motifs is 1. The lowest BCUT2D eigenvalue weighted by Gasteiger charge is -2.29. The smallest absolute Gasteiger partial charge is 0.161 e. The first-order valence-electron chi connectivity index (χ1n) is 24.5. The Bertz CT molecular complexity index is 2440. The van der Waals surface area contributed by atoms with Crippen LogP contribution in [0.2, 0.25) is 0 Å². The van der Waals surface area contributed by atoms with E-state index < -0.39 is 18.3 Å². The normalized spacial score (nSPS) is 19.8. The van der Waals surface area contributed by atoms with Gasteiger partial charge in [-0.3, -0.25) is 4.90 Å². The molecule has 3 N–H and O–H groups in total. The van der Waals surface area contributed by atoms with Crippen LogP contribution in [0.4, 0.5) is 0 Å². The number of aliphatic hydroxyl groups is 3. The van der Waals surface area contributed by atoms with Crippen LogP contribution < -0.4 is 56.8 Å². The van der Waals surface area contributed by atoms with Crippen LogP contribution in [-0.2, 0) is 19.3 Å². The molecule has 0 fully saturated rings. The molecule has 0 aromatic heterocycles. The Morgan fingerprint density at radius 2 is 0.575 bits per heavy atom. The summed E-state index contributed by atoms with van der Waals surface area (Å²) in [5, 5.41) is 33.6. The fraction of sp³-hybridized carbons (Fsp3) is 0.368. The number of aliphatic hydroxyl groups excluding tert-OH is 3. The maximum atomic E-state index is 11.2. The predicted molar refractivity (Wildman–Crippen MR) is 271 cm³/mol. The molecule has 0 saturated heterocycles. The van der Waals surface area contributed by atoms with Gasteiger partial charge in [0.05, 0.1) is 21.3 Å². The summed E-state index contributed by atoms with van der Waals surface area (Å²) in [6, 6.07) is 33.6. The fourth-order valence-corrected chi connectivity index (χ4v) is 9.04. The van der Waals surface area contributed by atoms with Crippen LogP contribution in [-0.4, -0.2) is 139 Å². The van der Waals surface area contributed by atoms with Crippen LogP contribution in [0.15, 0.2) is 109 Å². The summed E-state index contributed by atoms with van der Waals surface area (Å²) in [4.78, 5) is 1.76. The molecule has 16 heteroatoms. The Morgan fingerprint density at radius 1 is 0.342 bits per heavy atom. The van der Waals surface area contributed by atoms with Gasteiger partial charge in [-0.05, 0) is 162 Å². The molecule has 16 bridgehead atoms. The molecule has 0 amide bonds. The lowest BCUT2D eigenvalue weighted by molar-refractivity contribution is 0.00359. The zero-order valence-electron chi connectivity index (χ0n) is 41.4. The molecule has 3 atom stereocenters. The molecule has 386 valence electrons. The van der Waals surface area contributed by atoms with Crippen molar-refractivity contribution in [3.63, 3.8) is 0 Å². The van der Waals surface area contributed by atoms with Gasteiger partial charge in [0.25, 0.3) is 0 Å². The highest BCUT2D eigenvalue weighted by Crippen LogP contribution is 2.41. The Labute approximate surface area is 425 Å². The van der Waals surface area contributed by atoms with Crippen molar-refractivity contribution in [1.29, 1.82) is 0 Å². The van der Waals surface area contributed by atoms with Gasteiger partial charge in [-0.15, -0.1) is 0 Å². The van der Waals surface area contributed by atoms with Crippen molar-refractivity contribution in [3.8, 4) is 69.0 Å². The second-order valence-corrected chi connectivity index (χ2v) is 18.0. The Hall–Kier alpha value is -7.24. The highest BCUT2D eigenvalue weighted by molar-refractivity contribution is 5.58. The SMILES string of the molecule is COc1cc2c3cc1OCCOc1ccc(cc1)OCC(O)CN1CC(O)COc4ccc(cc4)OCCOc4cc(c(cc4OC)C3)Cc3cc(OC)c(cc3C2)OCCOc2ccc(cc2)OCC(O)C1. The van der Waals surface area contributed by atoms with E-state index in [1.54, 1.807) is 99.0 Å². The number of hydrogen-bond acceptors (Lipinski definition) is 16. The summed E-state index contributed by atoms with van der Waals surface area (Å²) in [6.07, 6.45) is -1.25. The van der Waals surface area contributed by atoms with Gasteiger partial charge in [0.2, 0.25) is 0 Å². The molecule has 16 nitrogen and oxygen atoms in total. The molecule has 6 aromatic rings. The van der Waals surface area contributed by atoms with Gasteiger partial charge in [-0.1, -0.05) is 0 Å². The highest BCUT2D eigenvalue weighted by Gasteiger charge is 2.24. The third-order valence-corrected chi connectivity index (χ3v) is 12.6. The molecule has 19 rings (SSSR count). The van der Waals surface area contributed by atoms with Crippen molar-refractivity contribution in [2.75, 3.05) is 100 Å². The molecule has 13 aliphatic rings. The number of rotatable bonds is 3. The quantitative estimate of drug-likeness (QED) is 0.170. The van der Waals surface area contributed by atoms with Crippen LogP contribution in [0, 0.1) is 0 Å². The minimum Gasteiger partial charge on any atom is -0.493 e. The van der Waals surface area contributed by atoms with Crippen molar-refractivity contribution >= 4 is 0 Å². The number of benzene rings is 6. The summed E-state index contributed by atoms with van der Waals surface area (Å²) < 4.78 is 73.2. The van der Waals surface area contributed by atoms with Crippen LogP contribution in [0.3, 0.4) is 0 Å². The average Bonchev–Trinajstić information content (AvgIpc) is 3.45. The average molecular weight is 1000 g/mol. The van der Waals surface area contributed by atoms with Gasteiger partial charge < -0.3 is 72.2 Å². The number of nitrogens with zero attached hydrogens (tertiary/aromatic N) is 1. The maximum Gasteiger partial charge on any atom is 0.161 e. The predicted octanol–water partition coefficient (Wildman–Crippen LogP) is 6.72. The summed E-state index contributed by atoms with van der Waals surface area (Å²) in [5.74, 6) is 6.91. The number of methoxy groups -OCH3 is 3. The Morgan fingerprint density at radius 3 is 0.836 bits per heavy atom. The van der Waals surface area contributed by atoms with Gasteiger partial charge in [-0.25, -0.2) is 0 Å². The van der Waals surface area contributed by atoms with E-state index >= 15 is 0 Å². The van der Waals surface area contributed by atoms with Crippen LogP contribution in [0.5, 0.6) is 69.0 Å². The lowest BCUT2D eigenvalue weighted by Crippen LogP contribution is -2.45. The van der Waals surface area contributed by atoms with Crippen molar-refractivity contribution < 1.29 is 72.2 Å². The summed E-state index contributed by atoms with van der Waals surface area (Å²) in [5.41, 5.74) is 6.26. The number of hydrogen-bond donors (Lipinski definition) is 3. The second-order valence-electron chi connectivity index (χ2n) is 18.0. The van der Waals surface area contributed by atoms with Crippen LogP contribution in [0.25, 0.3) is 0 Å². The number of ether oxygens (including phenoxy) is 12. The van der Waals surface area contributed by atoms with Gasteiger partial charge in [0.1, 0.15) is 112 Å². The highest BCUT2D eigenvalue weighted by atomic mass is 16.6. The molecule has 12 heterocycles.